The number of nitrogens with zero attached hydrogens (tertiary/aromatic N) is 6. The molecule has 1 amide bonds. The lowest BCUT2D eigenvalue weighted by molar-refractivity contribution is 0.0657. The van der Waals surface area contributed by atoms with Crippen molar-refractivity contribution in [3.8, 4) is 22.5 Å². The maximum atomic E-state index is 13.0. The molecule has 44 heavy (non-hydrogen) atoms. The van der Waals surface area contributed by atoms with E-state index < -0.39 is 0 Å². The molecule has 0 radical (unpaired) electrons. The second-order valence-corrected chi connectivity index (χ2v) is 12.6. The van der Waals surface area contributed by atoms with Crippen molar-refractivity contribution in [3.05, 3.63) is 65.2 Å². The van der Waals surface area contributed by atoms with Gasteiger partial charge in [0.1, 0.15) is 5.82 Å². The molecule has 1 saturated heterocycles. The van der Waals surface area contributed by atoms with Crippen molar-refractivity contribution < 1.29 is 14.1 Å². The van der Waals surface area contributed by atoms with Gasteiger partial charge in [-0.3, -0.25) is 9.48 Å². The van der Waals surface area contributed by atoms with Gasteiger partial charge in [-0.05, 0) is 61.8 Å². The second kappa shape index (κ2) is 11.6. The molecule has 1 aliphatic carbocycles. The summed E-state index contributed by atoms with van der Waals surface area (Å²) in [5.41, 5.74) is 7.76. The van der Waals surface area contributed by atoms with E-state index in [0.29, 0.717) is 17.6 Å². The Labute approximate surface area is 256 Å². The van der Waals surface area contributed by atoms with Crippen molar-refractivity contribution in [2.75, 3.05) is 13.2 Å². The summed E-state index contributed by atoms with van der Waals surface area (Å²) in [6.45, 7) is 9.55. The van der Waals surface area contributed by atoms with Crippen LogP contribution in [0.25, 0.3) is 33.7 Å². The van der Waals surface area contributed by atoms with Crippen LogP contribution in [0.15, 0.2) is 41.2 Å². The van der Waals surface area contributed by atoms with E-state index in [0.717, 1.165) is 84.6 Å². The van der Waals surface area contributed by atoms with Crippen LogP contribution in [0, 0.1) is 6.92 Å². The Morgan fingerprint density at radius 1 is 1.09 bits per heavy atom. The fraction of sp³-hybridized carbons (Fsp3) is 0.455. The standard InChI is InChI=1S/C32H36N8O3.CH4/c1-18-24(17-34-40(18)21-11-14-42-15-12-21)27-36-26-23(10-13-33-28(26)37-27)20-8-9-22-19(16-20)6-5-7-25(22)35-30(41)29-38-31(43-39-29)32(2,3)4;/h8-10,13,16-17,21,25H,5-7,11-12,14-15H2,1-4H3,(H,35,41)(H,33,36,37);1H4/t25-;/m0./s1. The first-order valence-corrected chi connectivity index (χ1v) is 15.0. The summed E-state index contributed by atoms with van der Waals surface area (Å²) in [6.07, 6.45) is 8.40. The smallest absolute Gasteiger partial charge is 0.293 e. The highest BCUT2D eigenvalue weighted by atomic mass is 16.5. The van der Waals surface area contributed by atoms with Crippen molar-refractivity contribution in [2.24, 2.45) is 0 Å². The molecule has 11 heteroatoms. The number of amides is 1. The molecule has 0 unspecified atom stereocenters. The molecule has 1 aromatic carbocycles. The van der Waals surface area contributed by atoms with Crippen LogP contribution in [0.1, 0.15) is 99.3 Å². The molecule has 2 N–H and O–H groups in total. The molecule has 0 saturated carbocycles. The Morgan fingerprint density at radius 2 is 1.91 bits per heavy atom. The predicted molar refractivity (Wildman–Crippen MR) is 167 cm³/mol. The zero-order valence-corrected chi connectivity index (χ0v) is 25.0. The molecular weight excluding hydrogens is 556 g/mol. The van der Waals surface area contributed by atoms with Gasteiger partial charge in [0, 0.05) is 36.1 Å². The Kier molecular flexibility index (Phi) is 7.83. The quantitative estimate of drug-likeness (QED) is 0.242. The molecule has 4 aromatic heterocycles. The number of carbonyl (C=O) groups is 1. The number of imidazole rings is 1. The Balaban J connectivity index is 0.00000343. The average Bonchev–Trinajstić information content (AvgIpc) is 3.75. The minimum absolute atomic E-state index is 0. The molecule has 7 rings (SSSR count). The van der Waals surface area contributed by atoms with Gasteiger partial charge in [0.05, 0.1) is 29.4 Å². The number of pyridine rings is 1. The zero-order chi connectivity index (χ0) is 29.7. The number of aryl methyl sites for hydroxylation is 1. The molecule has 0 bridgehead atoms. The van der Waals surface area contributed by atoms with E-state index in [2.05, 4.69) is 55.2 Å². The van der Waals surface area contributed by atoms with Crippen molar-refractivity contribution in [2.45, 2.75) is 84.7 Å². The van der Waals surface area contributed by atoms with Gasteiger partial charge in [0.15, 0.2) is 5.65 Å². The van der Waals surface area contributed by atoms with Crippen molar-refractivity contribution in [1.82, 2.24) is 40.2 Å². The van der Waals surface area contributed by atoms with Crippen LogP contribution in [-0.2, 0) is 16.6 Å². The van der Waals surface area contributed by atoms with Crippen LogP contribution in [0.3, 0.4) is 0 Å². The summed E-state index contributed by atoms with van der Waals surface area (Å²) in [5, 5.41) is 11.8. The number of ether oxygens (including phenoxy) is 1. The maximum absolute atomic E-state index is 13.0. The number of hydrogen-bond donors (Lipinski definition) is 2. The number of benzene rings is 1. The van der Waals surface area contributed by atoms with Crippen LogP contribution in [0.5, 0.6) is 0 Å². The van der Waals surface area contributed by atoms with Crippen molar-refractivity contribution in [3.63, 3.8) is 0 Å². The average molecular weight is 597 g/mol. The Hall–Kier alpha value is -4.38. The summed E-state index contributed by atoms with van der Waals surface area (Å²) in [4.78, 5) is 30.3. The van der Waals surface area contributed by atoms with Crippen LogP contribution in [-0.4, -0.2) is 54.0 Å². The first-order chi connectivity index (χ1) is 20.8. The third-order valence-corrected chi connectivity index (χ3v) is 8.57. The number of hydrogen-bond acceptors (Lipinski definition) is 8. The normalized spacial score (nSPS) is 17.3. The molecular formula is C33H40N8O3. The number of aromatic nitrogens is 7. The maximum Gasteiger partial charge on any atom is 0.293 e. The van der Waals surface area contributed by atoms with E-state index in [1.165, 1.54) is 5.56 Å². The topological polar surface area (TPSA) is 137 Å². The highest BCUT2D eigenvalue weighted by Gasteiger charge is 2.28. The van der Waals surface area contributed by atoms with E-state index in [9.17, 15) is 4.79 Å². The molecule has 1 fully saturated rings. The number of fused-ring (bicyclic) bond motifs is 2. The fourth-order valence-corrected chi connectivity index (χ4v) is 6.21. The van der Waals surface area contributed by atoms with Crippen LogP contribution in [0.4, 0.5) is 0 Å². The number of carbonyl (C=O) groups excluding carboxylic acids is 1. The highest BCUT2D eigenvalue weighted by molar-refractivity contribution is 5.92. The Morgan fingerprint density at radius 3 is 2.68 bits per heavy atom. The van der Waals surface area contributed by atoms with Gasteiger partial charge >= 0.3 is 0 Å². The van der Waals surface area contributed by atoms with Gasteiger partial charge in [0.2, 0.25) is 5.89 Å². The first-order valence-electron chi connectivity index (χ1n) is 15.0. The minimum Gasteiger partial charge on any atom is -0.381 e. The van der Waals surface area contributed by atoms with Gasteiger partial charge in [-0.25, -0.2) is 9.97 Å². The third-order valence-electron chi connectivity index (χ3n) is 8.57. The Bertz CT molecular complexity index is 1810. The summed E-state index contributed by atoms with van der Waals surface area (Å²) in [5.74, 6) is 0.955. The first kappa shape index (κ1) is 29.7. The number of H-pyrrole nitrogens is 1. The molecule has 5 heterocycles. The summed E-state index contributed by atoms with van der Waals surface area (Å²) >= 11 is 0. The molecule has 5 aromatic rings. The third kappa shape index (κ3) is 5.40. The number of aromatic amines is 1. The summed E-state index contributed by atoms with van der Waals surface area (Å²) < 4.78 is 13.0. The van der Waals surface area contributed by atoms with Gasteiger partial charge in [0.25, 0.3) is 11.7 Å². The summed E-state index contributed by atoms with van der Waals surface area (Å²) in [7, 11) is 0. The summed E-state index contributed by atoms with van der Waals surface area (Å²) in [6, 6.07) is 8.71. The van der Waals surface area contributed by atoms with E-state index in [1.54, 1.807) is 6.20 Å². The van der Waals surface area contributed by atoms with E-state index in [-0.39, 0.29) is 30.6 Å². The second-order valence-electron chi connectivity index (χ2n) is 12.6. The van der Waals surface area contributed by atoms with E-state index in [1.807, 2.05) is 33.0 Å². The predicted octanol–water partition coefficient (Wildman–Crippen LogP) is 6.27. The van der Waals surface area contributed by atoms with Gasteiger partial charge in [-0.15, -0.1) is 0 Å². The lowest BCUT2D eigenvalue weighted by atomic mass is 9.85. The van der Waals surface area contributed by atoms with Crippen LogP contribution >= 0.6 is 0 Å². The zero-order valence-electron chi connectivity index (χ0n) is 25.0. The molecule has 11 nitrogen and oxygen atoms in total. The molecule has 2 aliphatic rings. The lowest BCUT2D eigenvalue weighted by Gasteiger charge is -2.26. The fourth-order valence-electron chi connectivity index (χ4n) is 6.21. The van der Waals surface area contributed by atoms with Crippen LogP contribution in [0.2, 0.25) is 0 Å². The largest absolute Gasteiger partial charge is 0.381 e. The van der Waals surface area contributed by atoms with Gasteiger partial charge in [-0.2, -0.15) is 10.1 Å². The monoisotopic (exact) mass is 596 g/mol. The SMILES string of the molecule is C.Cc1c(-c2nc3nccc(-c4ccc5c(c4)CCC[C@@H]5NC(=O)c4noc(C(C)(C)C)n4)c3[nH]2)cnn1C1CCOCC1. The number of rotatable bonds is 5. The van der Waals surface area contributed by atoms with Crippen LogP contribution < -0.4 is 5.32 Å². The highest BCUT2D eigenvalue weighted by Crippen LogP contribution is 2.36. The number of nitrogens with one attached hydrogen (secondary N) is 2. The molecule has 1 atom stereocenters. The lowest BCUT2D eigenvalue weighted by Crippen LogP contribution is -2.31. The molecule has 0 spiro atoms. The van der Waals surface area contributed by atoms with E-state index >= 15 is 0 Å². The van der Waals surface area contributed by atoms with E-state index in [4.69, 9.17) is 19.3 Å². The minimum atomic E-state index is -0.322. The van der Waals surface area contributed by atoms with Crippen molar-refractivity contribution >= 4 is 17.1 Å². The van der Waals surface area contributed by atoms with Gasteiger partial charge in [-0.1, -0.05) is 51.6 Å². The molecule has 230 valence electrons. The molecule has 1 aliphatic heterocycles. The van der Waals surface area contributed by atoms with Gasteiger partial charge < -0.3 is 19.6 Å². The van der Waals surface area contributed by atoms with Crippen molar-refractivity contribution in [1.29, 1.82) is 0 Å².